The third-order valence-corrected chi connectivity index (χ3v) is 8.55. The van der Waals surface area contributed by atoms with E-state index in [1.54, 1.807) is 40.3 Å². The van der Waals surface area contributed by atoms with Gasteiger partial charge in [0.2, 0.25) is 5.91 Å². The predicted molar refractivity (Wildman–Crippen MR) is 151 cm³/mol. The van der Waals surface area contributed by atoms with Crippen molar-refractivity contribution in [2.75, 3.05) is 57.6 Å². The zero-order valence-electron chi connectivity index (χ0n) is 21.5. The van der Waals surface area contributed by atoms with Gasteiger partial charge in [0, 0.05) is 69.4 Å². The number of anilines is 2. The number of benzene rings is 2. The maximum absolute atomic E-state index is 13.3. The van der Waals surface area contributed by atoms with Crippen LogP contribution in [0.5, 0.6) is 5.75 Å². The number of hydrogen-bond acceptors (Lipinski definition) is 8. The summed E-state index contributed by atoms with van der Waals surface area (Å²) in [6, 6.07) is 10.6. The molecule has 4 rings (SSSR count). The molecule has 2 aromatic carbocycles. The summed E-state index contributed by atoms with van der Waals surface area (Å²) in [6.45, 7) is 3.41. The van der Waals surface area contributed by atoms with Crippen LogP contribution < -0.4 is 15.0 Å². The fourth-order valence-electron chi connectivity index (χ4n) is 3.90. The summed E-state index contributed by atoms with van der Waals surface area (Å²) >= 11 is 9.19. The first-order chi connectivity index (χ1) is 18.2. The molecule has 1 N–H and O–H groups in total. The first kappa shape index (κ1) is 27.7. The quantitative estimate of drug-likeness (QED) is 0.442. The van der Waals surface area contributed by atoms with Crippen molar-refractivity contribution in [1.29, 1.82) is 0 Å². The smallest absolute Gasteiger partial charge is 0.257 e. The molecule has 12 heteroatoms. The van der Waals surface area contributed by atoms with Gasteiger partial charge in [-0.15, -0.1) is 0 Å². The zero-order valence-corrected chi connectivity index (χ0v) is 23.9. The number of hydrogen-bond donors (Lipinski definition) is 1. The van der Waals surface area contributed by atoms with Crippen LogP contribution in [0, 0.1) is 0 Å². The Morgan fingerprint density at radius 2 is 1.74 bits per heavy atom. The molecular weight excluding hydrogens is 546 g/mol. The van der Waals surface area contributed by atoms with Crippen LogP contribution in [-0.4, -0.2) is 79.9 Å². The van der Waals surface area contributed by atoms with Crippen molar-refractivity contribution in [3.8, 4) is 5.75 Å². The van der Waals surface area contributed by atoms with Crippen molar-refractivity contribution >= 4 is 63.2 Å². The van der Waals surface area contributed by atoms with Crippen LogP contribution in [0.3, 0.4) is 0 Å². The Hall–Kier alpha value is -3.28. The number of rotatable bonds is 7. The molecule has 9 nitrogen and oxygen atoms in total. The molecule has 0 spiro atoms. The van der Waals surface area contributed by atoms with E-state index in [0.29, 0.717) is 58.1 Å². The summed E-state index contributed by atoms with van der Waals surface area (Å²) in [7, 11) is 5.37. The number of ether oxygens (including phenoxy) is 1. The normalized spacial score (nSPS) is 13.3. The van der Waals surface area contributed by atoms with E-state index in [-0.39, 0.29) is 17.7 Å². The number of nitrogens with one attached hydrogen (secondary N) is 1. The largest absolute Gasteiger partial charge is 0.496 e. The minimum absolute atomic E-state index is 0.00204. The maximum atomic E-state index is 13.3. The minimum Gasteiger partial charge on any atom is -0.496 e. The number of piperazine rings is 1. The molecule has 1 aliphatic rings. The number of methoxy groups -OCH3 is 1. The summed E-state index contributed by atoms with van der Waals surface area (Å²) < 4.78 is 6.24. The number of halogens is 1. The van der Waals surface area contributed by atoms with Crippen LogP contribution in [0.4, 0.5) is 10.8 Å². The first-order valence-electron chi connectivity index (χ1n) is 11.8. The van der Waals surface area contributed by atoms with Gasteiger partial charge in [0.05, 0.1) is 28.1 Å². The molecule has 1 saturated heterocycles. The summed E-state index contributed by atoms with van der Waals surface area (Å²) in [6.07, 6.45) is 1.66. The van der Waals surface area contributed by atoms with Crippen molar-refractivity contribution in [2.45, 2.75) is 16.0 Å². The average molecular weight is 574 g/mol. The van der Waals surface area contributed by atoms with Crippen LogP contribution >= 0.6 is 34.7 Å². The second kappa shape index (κ2) is 12.1. The second-order valence-corrected chi connectivity index (χ2v) is 11.5. The average Bonchev–Trinajstić information content (AvgIpc) is 3.35. The van der Waals surface area contributed by atoms with Crippen molar-refractivity contribution in [3.05, 3.63) is 58.7 Å². The van der Waals surface area contributed by atoms with Crippen LogP contribution in [-0.2, 0) is 4.79 Å². The van der Waals surface area contributed by atoms with E-state index in [0.717, 1.165) is 9.90 Å². The van der Waals surface area contributed by atoms with Crippen LogP contribution in [0.1, 0.15) is 27.6 Å². The Labute approximate surface area is 234 Å². The fourth-order valence-corrected chi connectivity index (χ4v) is 6.04. The molecule has 3 aromatic rings. The summed E-state index contributed by atoms with van der Waals surface area (Å²) in [5, 5.41) is 3.72. The van der Waals surface area contributed by atoms with Crippen LogP contribution in [0.2, 0.25) is 5.02 Å². The van der Waals surface area contributed by atoms with E-state index in [2.05, 4.69) is 10.3 Å². The molecule has 0 bridgehead atoms. The molecule has 1 aromatic heterocycles. The molecule has 1 aliphatic heterocycles. The Bertz CT molecular complexity index is 1340. The molecule has 38 heavy (non-hydrogen) atoms. The Morgan fingerprint density at radius 3 is 2.34 bits per heavy atom. The van der Waals surface area contributed by atoms with Crippen LogP contribution in [0.25, 0.3) is 0 Å². The Balaban J connectivity index is 1.46. The number of aromatic nitrogens is 1. The summed E-state index contributed by atoms with van der Waals surface area (Å²) in [4.78, 5) is 48.0. The highest BCUT2D eigenvalue weighted by Gasteiger charge is 2.26. The molecule has 1 fully saturated rings. The maximum Gasteiger partial charge on any atom is 0.257 e. The minimum atomic E-state index is -0.249. The summed E-state index contributed by atoms with van der Waals surface area (Å²) in [5.41, 5.74) is 1.93. The van der Waals surface area contributed by atoms with Gasteiger partial charge < -0.3 is 19.4 Å². The van der Waals surface area contributed by atoms with Crippen molar-refractivity contribution in [1.82, 2.24) is 14.8 Å². The molecule has 200 valence electrons. The van der Waals surface area contributed by atoms with Crippen molar-refractivity contribution in [2.24, 2.45) is 0 Å². The van der Waals surface area contributed by atoms with Crippen molar-refractivity contribution < 1.29 is 19.1 Å². The number of nitrogens with zero attached hydrogens (tertiary/aromatic N) is 4. The first-order valence-corrected chi connectivity index (χ1v) is 13.8. The van der Waals surface area contributed by atoms with E-state index in [4.69, 9.17) is 16.3 Å². The number of carbonyl (C=O) groups is 3. The molecule has 0 unspecified atom stereocenters. The van der Waals surface area contributed by atoms with E-state index in [1.807, 2.05) is 31.1 Å². The standard InChI is InChI=1S/C26H28ClN5O4S2/c1-16(33)31-9-11-32(12-10-31)25(35)19-13-22(20(27)14-21(19)36-4)37-23-15-28-26(38-23)29-24(34)17-5-7-18(8-6-17)30(2)3/h5-8,13-15H,9-12H2,1-4H3,(H,28,29,34). The predicted octanol–water partition coefficient (Wildman–Crippen LogP) is 4.58. The molecule has 3 amide bonds. The zero-order chi connectivity index (χ0) is 27.4. The van der Waals surface area contributed by atoms with Crippen LogP contribution in [0.15, 0.2) is 51.7 Å². The second-order valence-electron chi connectivity index (χ2n) is 8.76. The van der Waals surface area contributed by atoms with E-state index in [9.17, 15) is 14.4 Å². The Kier molecular flexibility index (Phi) is 8.80. The Morgan fingerprint density at radius 1 is 1.08 bits per heavy atom. The lowest BCUT2D eigenvalue weighted by Crippen LogP contribution is -2.50. The third kappa shape index (κ3) is 6.40. The molecule has 2 heterocycles. The highest BCUT2D eigenvalue weighted by atomic mass is 35.5. The van der Waals surface area contributed by atoms with Gasteiger partial charge in [0.1, 0.15) is 5.75 Å². The van der Waals surface area contributed by atoms with E-state index in [1.165, 1.54) is 37.1 Å². The monoisotopic (exact) mass is 573 g/mol. The van der Waals surface area contributed by atoms with Crippen molar-refractivity contribution in [3.63, 3.8) is 0 Å². The lowest BCUT2D eigenvalue weighted by atomic mass is 10.1. The topological polar surface area (TPSA) is 95.1 Å². The molecule has 0 atom stereocenters. The molecule has 0 saturated carbocycles. The summed E-state index contributed by atoms with van der Waals surface area (Å²) in [5.74, 6) is -0.0411. The fraction of sp³-hybridized carbons (Fsp3) is 0.308. The molecule has 0 aliphatic carbocycles. The third-order valence-electron chi connectivity index (χ3n) is 6.06. The SMILES string of the molecule is COc1cc(Cl)c(Sc2cnc(NC(=O)c3ccc(N(C)C)cc3)s2)cc1C(=O)N1CCN(C(C)=O)CC1. The molecule has 0 radical (unpaired) electrons. The van der Waals surface area contributed by atoms with Gasteiger partial charge in [-0.05, 0) is 30.3 Å². The van der Waals surface area contributed by atoms with Gasteiger partial charge in [-0.1, -0.05) is 34.7 Å². The number of thiazole rings is 1. The van der Waals surface area contributed by atoms with Gasteiger partial charge in [0.15, 0.2) is 5.13 Å². The van der Waals surface area contributed by atoms with E-state index < -0.39 is 0 Å². The van der Waals surface area contributed by atoms with Gasteiger partial charge in [-0.25, -0.2) is 4.98 Å². The highest BCUT2D eigenvalue weighted by Crippen LogP contribution is 2.40. The number of carbonyl (C=O) groups excluding carboxylic acids is 3. The lowest BCUT2D eigenvalue weighted by molar-refractivity contribution is -0.130. The molecular formula is C26H28ClN5O4S2. The van der Waals surface area contributed by atoms with Gasteiger partial charge in [0.25, 0.3) is 11.8 Å². The van der Waals surface area contributed by atoms with Gasteiger partial charge in [-0.2, -0.15) is 0 Å². The lowest BCUT2D eigenvalue weighted by Gasteiger charge is -2.34. The van der Waals surface area contributed by atoms with Gasteiger partial charge in [-0.3, -0.25) is 19.7 Å². The van der Waals surface area contributed by atoms with E-state index >= 15 is 0 Å². The van der Waals surface area contributed by atoms with Gasteiger partial charge >= 0.3 is 0 Å². The highest BCUT2D eigenvalue weighted by molar-refractivity contribution is 8.01. The number of amides is 3.